The predicted octanol–water partition coefficient (Wildman–Crippen LogP) is 2.67. The molecule has 0 fully saturated rings. The quantitative estimate of drug-likeness (QED) is 0.592. The second-order valence-electron chi connectivity index (χ2n) is 8.01. The maximum absolute atomic E-state index is 13.4. The number of sulfonamides is 1. The van der Waals surface area contributed by atoms with Crippen molar-refractivity contribution in [3.8, 4) is 0 Å². The van der Waals surface area contributed by atoms with E-state index >= 15 is 0 Å². The summed E-state index contributed by atoms with van der Waals surface area (Å²) < 4.78 is 26.3. The van der Waals surface area contributed by atoms with Crippen molar-refractivity contribution >= 4 is 27.5 Å². The van der Waals surface area contributed by atoms with Crippen molar-refractivity contribution < 1.29 is 18.0 Å². The molecule has 0 radical (unpaired) electrons. The first kappa shape index (κ1) is 25.4. The summed E-state index contributed by atoms with van der Waals surface area (Å²) >= 11 is 0. The number of amides is 2. The fraction of sp³-hybridized carbons (Fsp3) is 0.417. The fourth-order valence-electron chi connectivity index (χ4n) is 3.60. The van der Waals surface area contributed by atoms with Gasteiger partial charge in [-0.25, -0.2) is 8.42 Å². The van der Waals surface area contributed by atoms with Crippen molar-refractivity contribution in [2.75, 3.05) is 30.2 Å². The van der Waals surface area contributed by atoms with Gasteiger partial charge in [0.05, 0.1) is 11.9 Å². The monoisotopic (exact) mass is 459 g/mol. The minimum atomic E-state index is -3.72. The van der Waals surface area contributed by atoms with Gasteiger partial charge >= 0.3 is 0 Å². The minimum absolute atomic E-state index is 0.272. The van der Waals surface area contributed by atoms with Gasteiger partial charge < -0.3 is 10.2 Å². The van der Waals surface area contributed by atoms with E-state index in [0.717, 1.165) is 27.3 Å². The average molecular weight is 460 g/mol. The van der Waals surface area contributed by atoms with Crippen molar-refractivity contribution in [1.29, 1.82) is 0 Å². The zero-order chi connectivity index (χ0) is 23.9. The van der Waals surface area contributed by atoms with Crippen LogP contribution in [0.4, 0.5) is 5.69 Å². The molecular formula is C24H33N3O4S. The van der Waals surface area contributed by atoms with Crippen LogP contribution >= 0.6 is 0 Å². The van der Waals surface area contributed by atoms with Crippen LogP contribution in [0, 0.1) is 13.8 Å². The van der Waals surface area contributed by atoms with E-state index in [0.29, 0.717) is 25.2 Å². The van der Waals surface area contributed by atoms with E-state index in [1.54, 1.807) is 19.1 Å². The summed E-state index contributed by atoms with van der Waals surface area (Å²) in [4.78, 5) is 27.3. The molecule has 2 rings (SSSR count). The number of carbonyl (C=O) groups excluding carboxylic acids is 2. The van der Waals surface area contributed by atoms with Crippen LogP contribution in [0.5, 0.6) is 0 Å². The number of benzene rings is 2. The molecule has 2 aromatic rings. The van der Waals surface area contributed by atoms with Crippen molar-refractivity contribution in [1.82, 2.24) is 10.2 Å². The molecule has 0 bridgehead atoms. The van der Waals surface area contributed by atoms with Crippen molar-refractivity contribution in [2.24, 2.45) is 0 Å². The summed E-state index contributed by atoms with van der Waals surface area (Å²) in [7, 11) is -3.72. The normalized spacial score (nSPS) is 12.2. The van der Waals surface area contributed by atoms with Gasteiger partial charge in [-0.05, 0) is 62.9 Å². The lowest BCUT2D eigenvalue weighted by atomic mass is 10.1. The van der Waals surface area contributed by atoms with Crippen molar-refractivity contribution in [2.45, 2.75) is 40.2 Å². The second-order valence-corrected chi connectivity index (χ2v) is 9.92. The molecule has 174 valence electrons. The summed E-state index contributed by atoms with van der Waals surface area (Å²) in [5, 5.41) is 2.74. The Bertz CT molecular complexity index is 1020. The molecule has 2 aromatic carbocycles. The first-order valence-corrected chi connectivity index (χ1v) is 12.5. The topological polar surface area (TPSA) is 86.8 Å². The molecule has 0 heterocycles. The van der Waals surface area contributed by atoms with E-state index in [1.807, 2.05) is 57.2 Å². The Morgan fingerprint density at radius 2 is 1.62 bits per heavy atom. The van der Waals surface area contributed by atoms with Gasteiger partial charge in [0.15, 0.2) is 0 Å². The van der Waals surface area contributed by atoms with Gasteiger partial charge in [0, 0.05) is 13.1 Å². The van der Waals surface area contributed by atoms with Gasteiger partial charge in [-0.2, -0.15) is 0 Å². The Hall–Kier alpha value is -2.87. The number of nitrogens with zero attached hydrogens (tertiary/aromatic N) is 2. The molecule has 0 unspecified atom stereocenters. The highest BCUT2D eigenvalue weighted by Crippen LogP contribution is 2.22. The molecular weight excluding hydrogens is 426 g/mol. The third-order valence-corrected chi connectivity index (χ3v) is 6.32. The minimum Gasteiger partial charge on any atom is -0.355 e. The summed E-state index contributed by atoms with van der Waals surface area (Å²) in [6.07, 6.45) is 1.64. The van der Waals surface area contributed by atoms with Gasteiger partial charge in [-0.3, -0.25) is 13.9 Å². The van der Waals surface area contributed by atoms with E-state index in [9.17, 15) is 18.0 Å². The molecule has 0 aliphatic heterocycles. The van der Waals surface area contributed by atoms with E-state index in [2.05, 4.69) is 5.32 Å². The molecule has 1 N–H and O–H groups in total. The Kier molecular flexibility index (Phi) is 8.83. The second kappa shape index (κ2) is 11.1. The smallest absolute Gasteiger partial charge is 0.244 e. The van der Waals surface area contributed by atoms with Crippen LogP contribution < -0.4 is 9.62 Å². The summed E-state index contributed by atoms with van der Waals surface area (Å²) in [6.45, 7) is 7.60. The van der Waals surface area contributed by atoms with Crippen LogP contribution in [0.2, 0.25) is 0 Å². The number of hydrogen-bond acceptors (Lipinski definition) is 4. The van der Waals surface area contributed by atoms with Crippen molar-refractivity contribution in [3.63, 3.8) is 0 Å². The molecule has 1 atom stereocenters. The van der Waals surface area contributed by atoms with Crippen molar-refractivity contribution in [3.05, 3.63) is 65.2 Å². The molecule has 2 amide bonds. The van der Waals surface area contributed by atoms with Crippen LogP contribution in [0.1, 0.15) is 30.5 Å². The highest BCUT2D eigenvalue weighted by atomic mass is 32.2. The number of hydrogen-bond donors (Lipinski definition) is 1. The highest BCUT2D eigenvalue weighted by Gasteiger charge is 2.29. The number of rotatable bonds is 10. The molecule has 7 nitrogen and oxygen atoms in total. The first-order valence-electron chi connectivity index (χ1n) is 10.7. The zero-order valence-corrected chi connectivity index (χ0v) is 20.3. The molecule has 0 saturated heterocycles. The van der Waals surface area contributed by atoms with Gasteiger partial charge in [-0.1, -0.05) is 36.4 Å². The summed E-state index contributed by atoms with van der Waals surface area (Å²) in [5.74, 6) is -0.699. The third-order valence-electron chi connectivity index (χ3n) is 5.18. The Morgan fingerprint density at radius 1 is 1.03 bits per heavy atom. The van der Waals surface area contributed by atoms with E-state index in [4.69, 9.17) is 0 Å². The van der Waals surface area contributed by atoms with Crippen LogP contribution in [0.3, 0.4) is 0 Å². The Morgan fingerprint density at radius 3 is 2.16 bits per heavy atom. The lowest BCUT2D eigenvalue weighted by Gasteiger charge is -2.31. The average Bonchev–Trinajstić information content (AvgIpc) is 2.71. The molecule has 32 heavy (non-hydrogen) atoms. The molecule has 8 heteroatoms. The lowest BCUT2D eigenvalue weighted by molar-refractivity contribution is -0.138. The van der Waals surface area contributed by atoms with Crippen LogP contribution in [-0.2, 0) is 26.0 Å². The zero-order valence-electron chi connectivity index (χ0n) is 19.5. The maximum Gasteiger partial charge on any atom is 0.244 e. The number of anilines is 1. The van der Waals surface area contributed by atoms with Gasteiger partial charge in [-0.15, -0.1) is 0 Å². The summed E-state index contributed by atoms with van der Waals surface area (Å²) in [5.41, 5.74) is 3.27. The first-order chi connectivity index (χ1) is 15.0. The molecule has 0 saturated carbocycles. The largest absolute Gasteiger partial charge is 0.355 e. The van der Waals surface area contributed by atoms with E-state index in [1.165, 1.54) is 4.90 Å². The van der Waals surface area contributed by atoms with Gasteiger partial charge in [0.25, 0.3) is 0 Å². The number of likely N-dealkylation sites (N-methyl/N-ethyl adjacent to an activating group) is 1. The van der Waals surface area contributed by atoms with Crippen LogP contribution in [0.15, 0.2) is 48.5 Å². The van der Waals surface area contributed by atoms with Crippen LogP contribution in [0.25, 0.3) is 0 Å². The standard InChI is InChI=1S/C24H33N3O4S/c1-6-25-24(29)20(4)26(13-12-21-10-8-7-9-11-21)23(28)17-27(32(5,30)31)22-15-18(2)14-19(3)16-22/h7-11,14-16,20H,6,12-13,17H2,1-5H3,(H,25,29)/t20-/m0/s1. The lowest BCUT2D eigenvalue weighted by Crippen LogP contribution is -2.52. The molecule has 0 aromatic heterocycles. The maximum atomic E-state index is 13.4. The van der Waals surface area contributed by atoms with E-state index < -0.39 is 22.0 Å². The van der Waals surface area contributed by atoms with Gasteiger partial charge in [0.2, 0.25) is 21.8 Å². The molecule has 0 spiro atoms. The van der Waals surface area contributed by atoms with Gasteiger partial charge in [0.1, 0.15) is 12.6 Å². The highest BCUT2D eigenvalue weighted by molar-refractivity contribution is 7.92. The molecule has 0 aliphatic rings. The number of aryl methyl sites for hydroxylation is 2. The number of nitrogens with one attached hydrogen (secondary N) is 1. The predicted molar refractivity (Wildman–Crippen MR) is 128 cm³/mol. The Labute approximate surface area is 191 Å². The Balaban J connectivity index is 2.33. The SMILES string of the molecule is CCNC(=O)[C@H](C)N(CCc1ccccc1)C(=O)CN(c1cc(C)cc(C)c1)S(C)(=O)=O. The summed E-state index contributed by atoms with van der Waals surface area (Å²) in [6, 6.07) is 14.3. The van der Waals surface area contributed by atoms with E-state index in [-0.39, 0.29) is 12.5 Å². The molecule has 0 aliphatic carbocycles. The number of carbonyl (C=O) groups is 2. The van der Waals surface area contributed by atoms with Crippen LogP contribution in [-0.4, -0.2) is 57.1 Å². The third kappa shape index (κ3) is 7.09. The fourth-order valence-corrected chi connectivity index (χ4v) is 4.43.